The summed E-state index contributed by atoms with van der Waals surface area (Å²) in [6.45, 7) is 4.75. The smallest absolute Gasteiger partial charge is 0.138 e. The zero-order chi connectivity index (χ0) is 29.4. The molecule has 0 saturated carbocycles. The highest BCUT2D eigenvalue weighted by atomic mass is 15.2. The van der Waals surface area contributed by atoms with Gasteiger partial charge in [0.1, 0.15) is 5.82 Å². The zero-order valence-electron chi connectivity index (χ0n) is 24.9. The highest BCUT2D eigenvalue weighted by Crippen LogP contribution is 2.58. The topological polar surface area (TPSA) is 29.0 Å². The van der Waals surface area contributed by atoms with Crippen LogP contribution in [0, 0.1) is 0 Å². The molecule has 0 fully saturated rings. The number of hydrogen-bond donors (Lipinski definition) is 0. The summed E-state index contributed by atoms with van der Waals surface area (Å²) in [6.07, 6.45) is 10.3. The Hall–Kier alpha value is -5.28. The van der Waals surface area contributed by atoms with Crippen LogP contribution in [-0.4, -0.2) is 9.97 Å². The molecular weight excluding hydrogens is 534 g/mol. The summed E-state index contributed by atoms with van der Waals surface area (Å²) in [6, 6.07) is 37.6. The Labute approximate surface area is 257 Å². The van der Waals surface area contributed by atoms with Gasteiger partial charge in [-0.1, -0.05) is 92.7 Å². The molecule has 9 rings (SSSR count). The van der Waals surface area contributed by atoms with Crippen LogP contribution in [0.3, 0.4) is 0 Å². The van der Waals surface area contributed by atoms with Gasteiger partial charge in [0.05, 0.1) is 17.1 Å². The maximum atomic E-state index is 5.29. The summed E-state index contributed by atoms with van der Waals surface area (Å²) in [7, 11) is 0. The second kappa shape index (κ2) is 9.36. The molecule has 3 aliphatic rings. The molecular formula is C41H31N3. The van der Waals surface area contributed by atoms with Crippen molar-refractivity contribution in [3.63, 3.8) is 0 Å². The van der Waals surface area contributed by atoms with Crippen molar-refractivity contribution in [2.75, 3.05) is 4.90 Å². The van der Waals surface area contributed by atoms with Gasteiger partial charge in [-0.15, -0.1) is 0 Å². The second-order valence-corrected chi connectivity index (χ2v) is 12.5. The number of nitrogens with zero attached hydrogens (tertiary/aromatic N) is 3. The van der Waals surface area contributed by atoms with E-state index >= 15 is 0 Å². The Bertz CT molecular complexity index is 2200. The van der Waals surface area contributed by atoms with E-state index in [4.69, 9.17) is 4.98 Å². The Morgan fingerprint density at radius 1 is 0.705 bits per heavy atom. The van der Waals surface area contributed by atoms with Crippen LogP contribution in [0.25, 0.3) is 49.9 Å². The number of fused-ring (bicyclic) bond motifs is 10. The van der Waals surface area contributed by atoms with Crippen molar-refractivity contribution in [2.24, 2.45) is 0 Å². The van der Waals surface area contributed by atoms with Gasteiger partial charge in [0.15, 0.2) is 0 Å². The van der Waals surface area contributed by atoms with Gasteiger partial charge in [0.25, 0.3) is 0 Å². The molecule has 0 unspecified atom stereocenters. The first-order valence-electron chi connectivity index (χ1n) is 15.5. The maximum Gasteiger partial charge on any atom is 0.138 e. The molecule has 1 aliphatic heterocycles. The second-order valence-electron chi connectivity index (χ2n) is 12.5. The molecule has 4 aromatic carbocycles. The average Bonchev–Trinajstić information content (AvgIpc) is 3.22. The predicted octanol–water partition coefficient (Wildman–Crippen LogP) is 10.5. The summed E-state index contributed by atoms with van der Waals surface area (Å²) in [4.78, 5) is 12.1. The Kier molecular flexibility index (Phi) is 5.37. The van der Waals surface area contributed by atoms with Crippen molar-refractivity contribution < 1.29 is 0 Å². The van der Waals surface area contributed by atoms with Gasteiger partial charge in [0.2, 0.25) is 0 Å². The molecule has 3 nitrogen and oxygen atoms in total. The predicted molar refractivity (Wildman–Crippen MR) is 182 cm³/mol. The van der Waals surface area contributed by atoms with Crippen LogP contribution in [0.1, 0.15) is 43.4 Å². The molecule has 2 aliphatic carbocycles. The lowest BCUT2D eigenvalue weighted by Gasteiger charge is -2.29. The largest absolute Gasteiger partial charge is 0.294 e. The number of pyridine rings is 2. The molecule has 3 heteroatoms. The van der Waals surface area contributed by atoms with E-state index in [1.165, 1.54) is 61.0 Å². The Morgan fingerprint density at radius 2 is 1.59 bits per heavy atom. The molecule has 2 aromatic heterocycles. The van der Waals surface area contributed by atoms with E-state index in [9.17, 15) is 0 Å². The van der Waals surface area contributed by atoms with Crippen molar-refractivity contribution in [2.45, 2.75) is 32.1 Å². The number of rotatable bonds is 2. The van der Waals surface area contributed by atoms with E-state index in [1.54, 1.807) is 0 Å². The van der Waals surface area contributed by atoms with Gasteiger partial charge in [-0.25, -0.2) is 4.98 Å². The SMILES string of the molecule is CC1(C)c2ccccc2-c2c1ccc1c2C2=C(C=CCC2)N(c2cccc(-c3cccnc3)n2)c2ccc3ccccc3c2-1. The van der Waals surface area contributed by atoms with Crippen LogP contribution in [0.2, 0.25) is 0 Å². The molecule has 0 radical (unpaired) electrons. The summed E-state index contributed by atoms with van der Waals surface area (Å²) in [5.74, 6) is 0.909. The number of anilines is 2. The maximum absolute atomic E-state index is 5.29. The Balaban J connectivity index is 1.42. The minimum absolute atomic E-state index is 0.0701. The van der Waals surface area contributed by atoms with Crippen molar-refractivity contribution in [3.05, 3.63) is 150 Å². The van der Waals surface area contributed by atoms with Crippen LogP contribution in [0.15, 0.2) is 133 Å². The van der Waals surface area contributed by atoms with E-state index in [2.05, 4.69) is 133 Å². The monoisotopic (exact) mass is 565 g/mol. The van der Waals surface area contributed by atoms with Crippen LogP contribution >= 0.6 is 0 Å². The summed E-state index contributed by atoms with van der Waals surface area (Å²) >= 11 is 0. The van der Waals surface area contributed by atoms with E-state index < -0.39 is 0 Å². The van der Waals surface area contributed by atoms with E-state index in [-0.39, 0.29) is 5.41 Å². The quantitative estimate of drug-likeness (QED) is 0.209. The van der Waals surface area contributed by atoms with Crippen molar-refractivity contribution in [1.82, 2.24) is 9.97 Å². The van der Waals surface area contributed by atoms with Gasteiger partial charge in [-0.3, -0.25) is 9.88 Å². The normalized spacial score (nSPS) is 15.7. The van der Waals surface area contributed by atoms with E-state index in [1.807, 2.05) is 18.5 Å². The fourth-order valence-electron chi connectivity index (χ4n) is 7.76. The van der Waals surface area contributed by atoms with Crippen LogP contribution in [0.5, 0.6) is 0 Å². The van der Waals surface area contributed by atoms with E-state index in [0.717, 1.165) is 35.6 Å². The highest BCUT2D eigenvalue weighted by Gasteiger charge is 2.40. The third-order valence-corrected chi connectivity index (χ3v) is 9.78. The molecule has 44 heavy (non-hydrogen) atoms. The molecule has 6 aromatic rings. The molecule has 0 spiro atoms. The van der Waals surface area contributed by atoms with E-state index in [0.29, 0.717) is 0 Å². The first-order valence-corrected chi connectivity index (χ1v) is 15.5. The van der Waals surface area contributed by atoms with Gasteiger partial charge in [-0.05, 0) is 99.0 Å². The first-order chi connectivity index (χ1) is 21.6. The third kappa shape index (κ3) is 3.50. The van der Waals surface area contributed by atoms with Crippen LogP contribution in [-0.2, 0) is 5.41 Å². The molecule has 3 heterocycles. The van der Waals surface area contributed by atoms with Gasteiger partial charge < -0.3 is 0 Å². The first kappa shape index (κ1) is 25.2. The summed E-state index contributed by atoms with van der Waals surface area (Å²) in [5.41, 5.74) is 15.1. The lowest BCUT2D eigenvalue weighted by Crippen LogP contribution is -2.19. The standard InChI is InChI=1S/C41H31N3/c1-41(2)32-16-7-5-14-29(32)40-33(41)22-21-31-38-28-13-4-3-11-26(28)20-23-36(38)44(35-18-8-6-15-30(35)39(31)40)37-19-9-17-34(43-37)27-12-10-24-42-25-27/h3-5,7-14,16-25H,6,15H2,1-2H3. The zero-order valence-corrected chi connectivity index (χ0v) is 24.9. The number of benzene rings is 4. The minimum atomic E-state index is -0.0701. The highest BCUT2D eigenvalue weighted by molar-refractivity contribution is 6.11. The van der Waals surface area contributed by atoms with Crippen molar-refractivity contribution >= 4 is 27.9 Å². The summed E-state index contributed by atoms with van der Waals surface area (Å²) < 4.78 is 0. The van der Waals surface area contributed by atoms with Gasteiger partial charge >= 0.3 is 0 Å². The lowest BCUT2D eigenvalue weighted by atomic mass is 9.79. The molecule has 0 atom stereocenters. The molecule has 0 saturated heterocycles. The Morgan fingerprint density at radius 3 is 2.50 bits per heavy atom. The lowest BCUT2D eigenvalue weighted by molar-refractivity contribution is 0.660. The van der Waals surface area contributed by atoms with Gasteiger partial charge in [-0.2, -0.15) is 0 Å². The average molecular weight is 566 g/mol. The molecule has 0 N–H and O–H groups in total. The molecule has 0 bridgehead atoms. The van der Waals surface area contributed by atoms with Gasteiger partial charge in [0, 0.05) is 28.9 Å². The van der Waals surface area contributed by atoms with Crippen LogP contribution in [0.4, 0.5) is 11.5 Å². The molecule has 0 amide bonds. The molecule has 210 valence electrons. The fourth-order valence-corrected chi connectivity index (χ4v) is 7.76. The van der Waals surface area contributed by atoms with Crippen molar-refractivity contribution in [3.8, 4) is 33.5 Å². The summed E-state index contributed by atoms with van der Waals surface area (Å²) in [5, 5.41) is 2.50. The van der Waals surface area contributed by atoms with Crippen molar-refractivity contribution in [1.29, 1.82) is 0 Å². The fraction of sp³-hybridized carbons (Fsp3) is 0.122. The number of allylic oxidation sites excluding steroid dienone is 3. The number of hydrogen-bond acceptors (Lipinski definition) is 3. The number of aromatic nitrogens is 2. The van der Waals surface area contributed by atoms with Crippen LogP contribution < -0.4 is 4.90 Å². The minimum Gasteiger partial charge on any atom is -0.294 e. The third-order valence-electron chi connectivity index (χ3n) is 9.78.